The Morgan fingerprint density at radius 2 is 2.07 bits per heavy atom. The highest BCUT2D eigenvalue weighted by molar-refractivity contribution is 8.16. The summed E-state index contributed by atoms with van der Waals surface area (Å²) in [5.41, 5.74) is 13.8. The van der Waals surface area contributed by atoms with Crippen LogP contribution in [0.15, 0.2) is 28.4 Å². The first-order chi connectivity index (χ1) is 13.7. The van der Waals surface area contributed by atoms with Crippen molar-refractivity contribution < 1.29 is 19.1 Å². The third-order valence-corrected chi connectivity index (χ3v) is 7.01. The van der Waals surface area contributed by atoms with Crippen LogP contribution >= 0.6 is 23.1 Å². The van der Waals surface area contributed by atoms with Gasteiger partial charge in [-0.25, -0.2) is 4.79 Å². The van der Waals surface area contributed by atoms with Gasteiger partial charge in [0.25, 0.3) is 5.91 Å². The number of nitrogens with one attached hydrogen (secondary N) is 1. The van der Waals surface area contributed by atoms with Crippen molar-refractivity contribution in [1.82, 2.24) is 0 Å². The highest BCUT2D eigenvalue weighted by Crippen LogP contribution is 2.40. The Bertz CT molecular complexity index is 977. The van der Waals surface area contributed by atoms with Gasteiger partial charge in [0, 0.05) is 10.6 Å². The lowest BCUT2D eigenvalue weighted by molar-refractivity contribution is -0.115. The number of hydrogen-bond acceptors (Lipinski definition) is 8. The van der Waals surface area contributed by atoms with Crippen LogP contribution in [0.25, 0.3) is 0 Å². The first-order valence-corrected chi connectivity index (χ1v) is 10.6. The average Bonchev–Trinajstić information content (AvgIpc) is 3.31. The summed E-state index contributed by atoms with van der Waals surface area (Å²) in [5.74, 6) is -1.67. The van der Waals surface area contributed by atoms with Crippen LogP contribution in [0.2, 0.25) is 0 Å². The van der Waals surface area contributed by atoms with Crippen molar-refractivity contribution in [2.75, 3.05) is 19.0 Å². The molecule has 1 aliphatic carbocycles. The largest absolute Gasteiger partial charge is 0.465 e. The molecule has 1 aromatic heterocycles. The Kier molecular flexibility index (Phi) is 6.13. The number of amides is 2. The molecule has 29 heavy (non-hydrogen) atoms. The van der Waals surface area contributed by atoms with Gasteiger partial charge in [0.05, 0.1) is 24.8 Å². The molecule has 10 heteroatoms. The van der Waals surface area contributed by atoms with Crippen LogP contribution < -0.4 is 16.8 Å². The second kappa shape index (κ2) is 8.42. The summed E-state index contributed by atoms with van der Waals surface area (Å²) in [7, 11) is 1.31. The molecule has 1 aromatic rings. The fraction of sp³-hybridized carbons (Fsp3) is 0.368. The fourth-order valence-electron chi connectivity index (χ4n) is 3.24. The number of carbonyl (C=O) groups is 3. The number of primary amides is 1. The molecular formula is C19H22N4O4S2. The molecule has 0 spiro atoms. The second-order valence-corrected chi connectivity index (χ2v) is 9.01. The molecule has 0 radical (unpaired) electrons. The maximum atomic E-state index is 13.0. The second-order valence-electron chi connectivity index (χ2n) is 6.81. The predicted octanol–water partition coefficient (Wildman–Crippen LogP) is 1.75. The molecule has 2 heterocycles. The molecule has 1 atom stereocenters. The lowest BCUT2D eigenvalue weighted by Crippen LogP contribution is -2.30. The third-order valence-electron chi connectivity index (χ3n) is 4.54. The van der Waals surface area contributed by atoms with Crippen molar-refractivity contribution in [2.45, 2.75) is 31.4 Å². The molecule has 0 fully saturated rings. The van der Waals surface area contributed by atoms with Gasteiger partial charge in [0.2, 0.25) is 5.91 Å². The van der Waals surface area contributed by atoms with Crippen LogP contribution in [0.5, 0.6) is 0 Å². The molecule has 0 unspecified atom stereocenters. The number of nitrogens with two attached hydrogens (primary N) is 2. The van der Waals surface area contributed by atoms with Crippen molar-refractivity contribution in [3.05, 3.63) is 39.4 Å². The quantitative estimate of drug-likeness (QED) is 0.461. The number of thioether (sulfide) groups is 1. The van der Waals surface area contributed by atoms with Gasteiger partial charge in [-0.15, -0.1) is 11.3 Å². The van der Waals surface area contributed by atoms with Gasteiger partial charge >= 0.3 is 5.97 Å². The SMILES string of the molecule is C=C(C)CN=C1S[C@H](C(=O)Nc2sc3c(c2C(=O)OC)CCC3)C(N)=C1C(N)=O. The number of methoxy groups -OCH3 is 1. The zero-order valence-corrected chi connectivity index (χ0v) is 17.8. The van der Waals surface area contributed by atoms with Crippen LogP contribution in [-0.4, -0.2) is 41.7 Å². The summed E-state index contributed by atoms with van der Waals surface area (Å²) in [4.78, 5) is 42.4. The van der Waals surface area contributed by atoms with Crippen molar-refractivity contribution in [3.63, 3.8) is 0 Å². The maximum absolute atomic E-state index is 13.0. The first kappa shape index (κ1) is 21.1. The molecule has 0 aromatic carbocycles. The zero-order valence-electron chi connectivity index (χ0n) is 16.2. The topological polar surface area (TPSA) is 137 Å². The molecule has 2 aliphatic rings. The standard InChI is InChI=1S/C19H22N4O4S2/c1-8(2)7-22-17-12(15(21)24)13(20)14(29-17)16(25)23-18-11(19(26)27-3)9-5-4-6-10(9)28-18/h14H,1,4-7,20H2,2-3H3,(H2,21,24)(H,23,25)/t14-/m0/s1. The van der Waals surface area contributed by atoms with Crippen molar-refractivity contribution in [3.8, 4) is 0 Å². The van der Waals surface area contributed by atoms with Crippen LogP contribution in [0.3, 0.4) is 0 Å². The Morgan fingerprint density at radius 1 is 1.34 bits per heavy atom. The van der Waals surface area contributed by atoms with E-state index >= 15 is 0 Å². The normalized spacial score (nSPS) is 19.4. The summed E-state index contributed by atoms with van der Waals surface area (Å²) in [6.45, 7) is 5.87. The number of thiophene rings is 1. The molecule has 3 rings (SSSR count). The van der Waals surface area contributed by atoms with Gasteiger partial charge in [-0.2, -0.15) is 0 Å². The number of esters is 1. The van der Waals surface area contributed by atoms with Crippen molar-refractivity contribution in [2.24, 2.45) is 16.5 Å². The fourth-order valence-corrected chi connectivity index (χ4v) is 5.63. The van der Waals surface area contributed by atoms with E-state index in [0.717, 1.165) is 47.0 Å². The molecule has 154 valence electrons. The Labute approximate surface area is 176 Å². The zero-order chi connectivity index (χ0) is 21.3. The molecule has 0 bridgehead atoms. The number of anilines is 1. The predicted molar refractivity (Wildman–Crippen MR) is 115 cm³/mol. The summed E-state index contributed by atoms with van der Waals surface area (Å²) in [5, 5.41) is 2.68. The lowest BCUT2D eigenvalue weighted by atomic mass is 10.1. The number of rotatable bonds is 6. The summed E-state index contributed by atoms with van der Waals surface area (Å²) >= 11 is 2.43. The highest BCUT2D eigenvalue weighted by atomic mass is 32.2. The smallest absolute Gasteiger partial charge is 0.341 e. The van der Waals surface area contributed by atoms with E-state index in [1.54, 1.807) is 6.92 Å². The minimum absolute atomic E-state index is 0.0539. The van der Waals surface area contributed by atoms with Gasteiger partial charge in [-0.3, -0.25) is 14.6 Å². The molecule has 8 nitrogen and oxygen atoms in total. The van der Waals surface area contributed by atoms with Gasteiger partial charge < -0.3 is 21.5 Å². The van der Waals surface area contributed by atoms with Crippen molar-refractivity contribution >= 4 is 50.9 Å². The van der Waals surface area contributed by atoms with E-state index < -0.39 is 23.0 Å². The van der Waals surface area contributed by atoms with Gasteiger partial charge in [0.15, 0.2) is 0 Å². The first-order valence-electron chi connectivity index (χ1n) is 8.93. The Hall–Kier alpha value is -2.59. The third kappa shape index (κ3) is 4.08. The number of ether oxygens (including phenoxy) is 1. The van der Waals surface area contributed by atoms with Crippen molar-refractivity contribution in [1.29, 1.82) is 0 Å². The van der Waals surface area contributed by atoms with Gasteiger partial charge in [-0.05, 0) is 31.7 Å². The van der Waals surface area contributed by atoms with E-state index in [2.05, 4.69) is 16.9 Å². The Morgan fingerprint density at radius 3 is 2.69 bits per heavy atom. The summed E-state index contributed by atoms with van der Waals surface area (Å²) in [6.07, 6.45) is 2.61. The van der Waals surface area contributed by atoms with Gasteiger partial charge in [-0.1, -0.05) is 23.9 Å². The summed E-state index contributed by atoms with van der Waals surface area (Å²) < 4.78 is 4.90. The number of aliphatic imine (C=N–C) groups is 1. The minimum Gasteiger partial charge on any atom is -0.465 e. The average molecular weight is 435 g/mol. The van der Waals surface area contributed by atoms with Crippen LogP contribution in [0, 0.1) is 0 Å². The maximum Gasteiger partial charge on any atom is 0.341 e. The Balaban J connectivity index is 1.89. The molecular weight excluding hydrogens is 412 g/mol. The molecule has 1 aliphatic heterocycles. The molecule has 0 saturated carbocycles. The monoisotopic (exact) mass is 434 g/mol. The van der Waals surface area contributed by atoms with Crippen LogP contribution in [0.1, 0.15) is 34.1 Å². The van der Waals surface area contributed by atoms with Crippen LogP contribution in [0.4, 0.5) is 5.00 Å². The number of nitrogens with zero attached hydrogens (tertiary/aromatic N) is 1. The number of fused-ring (bicyclic) bond motifs is 1. The van der Waals surface area contributed by atoms with Gasteiger partial charge in [0.1, 0.15) is 15.3 Å². The summed E-state index contributed by atoms with van der Waals surface area (Å²) in [6, 6.07) is 0. The lowest BCUT2D eigenvalue weighted by Gasteiger charge is -2.12. The van der Waals surface area contributed by atoms with E-state index in [1.165, 1.54) is 18.4 Å². The van der Waals surface area contributed by atoms with E-state index in [4.69, 9.17) is 16.2 Å². The van der Waals surface area contributed by atoms with E-state index in [9.17, 15) is 14.4 Å². The van der Waals surface area contributed by atoms with E-state index in [0.29, 0.717) is 22.2 Å². The number of aryl methyl sites for hydroxylation is 1. The van der Waals surface area contributed by atoms with E-state index in [1.807, 2.05) is 0 Å². The molecule has 2 amide bonds. The highest BCUT2D eigenvalue weighted by Gasteiger charge is 2.38. The van der Waals surface area contributed by atoms with E-state index in [-0.39, 0.29) is 11.3 Å². The number of carbonyl (C=O) groups excluding carboxylic acids is 3. The van der Waals surface area contributed by atoms with Crippen LogP contribution in [-0.2, 0) is 27.2 Å². The number of hydrogen-bond donors (Lipinski definition) is 3. The molecule has 0 saturated heterocycles. The molecule has 5 N–H and O–H groups in total. The minimum atomic E-state index is -0.871.